The Morgan fingerprint density at radius 3 is 1.80 bits per heavy atom. The molecule has 0 aliphatic carbocycles. The maximum atomic E-state index is 13.0. The van der Waals surface area contributed by atoms with Crippen LogP contribution < -0.4 is 9.05 Å². The number of hydrogen-bond donors (Lipinski definition) is 1. The number of carbonyl (C=O) groups excluding carboxylic acids is 2. The number of aliphatic hydroxyl groups excluding tert-OH is 1. The minimum Gasteiger partial charge on any atom is -0.394 e. The van der Waals surface area contributed by atoms with Crippen LogP contribution in [0.3, 0.4) is 0 Å². The molecule has 1 N–H and O–H groups in total. The fourth-order valence-corrected chi connectivity index (χ4v) is 3.29. The van der Waals surface area contributed by atoms with E-state index in [0.29, 0.717) is 0 Å². The summed E-state index contributed by atoms with van der Waals surface area (Å²) in [5.41, 5.74) is 0. The monoisotopic (exact) mass is 363 g/mol. The Morgan fingerprint density at radius 1 is 0.920 bits per heavy atom. The maximum Gasteiger partial charge on any atom is 0.610 e. The Labute approximate surface area is 143 Å². The van der Waals surface area contributed by atoms with Gasteiger partial charge in [-0.15, -0.1) is 9.69 Å². The van der Waals surface area contributed by atoms with Crippen molar-refractivity contribution in [2.45, 2.75) is 12.5 Å². The molecule has 1 aliphatic rings. The van der Waals surface area contributed by atoms with Crippen molar-refractivity contribution in [1.82, 2.24) is 5.06 Å². The highest BCUT2D eigenvalue weighted by Gasteiger charge is 2.46. The lowest BCUT2D eigenvalue weighted by Crippen LogP contribution is -2.32. The molecule has 2 aromatic rings. The van der Waals surface area contributed by atoms with E-state index in [1.54, 1.807) is 36.4 Å². The smallest absolute Gasteiger partial charge is 0.394 e. The standard InChI is InChI=1S/C16H14NO7P/c18-14-11-15(19)17(16(14)20)24-25(21,22-12-7-3-1-4-8-12)23-13-9-5-2-6-10-13/h1-10,14,18H,11H2. The second-order valence-corrected chi connectivity index (χ2v) is 6.51. The Balaban J connectivity index is 1.87. The fraction of sp³-hybridized carbons (Fsp3) is 0.125. The highest BCUT2D eigenvalue weighted by Crippen LogP contribution is 2.51. The summed E-state index contributed by atoms with van der Waals surface area (Å²) in [4.78, 5) is 23.6. The summed E-state index contributed by atoms with van der Waals surface area (Å²) in [6.45, 7) is 0. The van der Waals surface area contributed by atoms with Gasteiger partial charge in [-0.25, -0.2) is 4.57 Å². The molecular weight excluding hydrogens is 349 g/mol. The zero-order valence-electron chi connectivity index (χ0n) is 12.8. The van der Waals surface area contributed by atoms with Gasteiger partial charge in [-0.2, -0.15) is 0 Å². The van der Waals surface area contributed by atoms with Crippen molar-refractivity contribution < 1.29 is 32.9 Å². The van der Waals surface area contributed by atoms with Crippen LogP contribution in [0, 0.1) is 0 Å². The molecule has 2 aromatic carbocycles. The van der Waals surface area contributed by atoms with Crippen LogP contribution in [0.15, 0.2) is 60.7 Å². The van der Waals surface area contributed by atoms with Gasteiger partial charge in [0.15, 0.2) is 0 Å². The first-order chi connectivity index (χ1) is 12.0. The van der Waals surface area contributed by atoms with Crippen LogP contribution in [0.1, 0.15) is 6.42 Å². The fourth-order valence-electron chi connectivity index (χ4n) is 2.05. The van der Waals surface area contributed by atoms with E-state index in [9.17, 15) is 19.3 Å². The van der Waals surface area contributed by atoms with Crippen molar-refractivity contribution in [3.05, 3.63) is 60.7 Å². The molecule has 130 valence electrons. The first-order valence-corrected chi connectivity index (χ1v) is 8.77. The molecule has 1 aliphatic heterocycles. The van der Waals surface area contributed by atoms with Gasteiger partial charge >= 0.3 is 7.82 Å². The molecule has 1 heterocycles. The summed E-state index contributed by atoms with van der Waals surface area (Å²) in [5, 5.41) is 9.67. The van der Waals surface area contributed by atoms with Crippen molar-refractivity contribution in [1.29, 1.82) is 0 Å². The second-order valence-electron chi connectivity index (χ2n) is 5.08. The number of hydroxylamine groups is 2. The van der Waals surface area contributed by atoms with Gasteiger partial charge in [-0.1, -0.05) is 36.4 Å². The average Bonchev–Trinajstić information content (AvgIpc) is 2.82. The molecule has 25 heavy (non-hydrogen) atoms. The van der Waals surface area contributed by atoms with Gasteiger partial charge in [0.2, 0.25) is 0 Å². The average molecular weight is 363 g/mol. The summed E-state index contributed by atoms with van der Waals surface area (Å²) in [7, 11) is -4.44. The van der Waals surface area contributed by atoms with E-state index in [-0.39, 0.29) is 16.6 Å². The molecule has 1 unspecified atom stereocenters. The Bertz CT molecular complexity index is 766. The number of hydrogen-bond acceptors (Lipinski definition) is 7. The molecule has 1 fully saturated rings. The zero-order chi connectivity index (χ0) is 17.9. The Hall–Kier alpha value is -2.67. The van der Waals surface area contributed by atoms with Crippen LogP contribution in [0.5, 0.6) is 11.5 Å². The number of amides is 2. The lowest BCUT2D eigenvalue weighted by molar-refractivity contribution is -0.169. The summed E-state index contributed by atoms with van der Waals surface area (Å²) in [6, 6.07) is 16.0. The molecule has 2 amide bonds. The molecule has 3 rings (SSSR count). The quantitative estimate of drug-likeness (QED) is 0.620. The molecule has 0 bridgehead atoms. The SMILES string of the molecule is O=C1CC(O)C(=O)N1OP(=O)(Oc1ccccc1)Oc1ccccc1. The first-order valence-electron chi connectivity index (χ1n) is 7.31. The van der Waals surface area contributed by atoms with E-state index in [4.69, 9.17) is 13.7 Å². The Kier molecular flexibility index (Phi) is 4.85. The number of imide groups is 1. The number of benzene rings is 2. The van der Waals surface area contributed by atoms with Crippen molar-refractivity contribution >= 4 is 19.6 Å². The van der Waals surface area contributed by atoms with Gasteiger partial charge < -0.3 is 14.2 Å². The molecule has 0 aromatic heterocycles. The summed E-state index contributed by atoms with van der Waals surface area (Å²) < 4.78 is 28.6. The highest BCUT2D eigenvalue weighted by molar-refractivity contribution is 7.49. The summed E-state index contributed by atoms with van der Waals surface area (Å²) in [6.07, 6.45) is -2.01. The number of para-hydroxylation sites is 2. The number of nitrogens with zero attached hydrogens (tertiary/aromatic N) is 1. The van der Waals surface area contributed by atoms with Crippen LogP contribution >= 0.6 is 7.82 Å². The summed E-state index contributed by atoms with van der Waals surface area (Å²) in [5.74, 6) is -1.56. The predicted molar refractivity (Wildman–Crippen MR) is 85.3 cm³/mol. The van der Waals surface area contributed by atoms with Crippen molar-refractivity contribution in [3.8, 4) is 11.5 Å². The number of rotatable bonds is 6. The molecule has 1 saturated heterocycles. The predicted octanol–water partition coefficient (Wildman–Crippen LogP) is 2.30. The third-order valence-corrected chi connectivity index (χ3v) is 4.41. The molecule has 0 spiro atoms. The largest absolute Gasteiger partial charge is 0.610 e. The van der Waals surface area contributed by atoms with Gasteiger partial charge in [0.25, 0.3) is 11.8 Å². The number of aliphatic hydroxyl groups is 1. The molecule has 8 nitrogen and oxygen atoms in total. The minimum atomic E-state index is -4.44. The lowest BCUT2D eigenvalue weighted by atomic mass is 10.3. The second kappa shape index (κ2) is 7.06. The third kappa shape index (κ3) is 4.06. The molecule has 9 heteroatoms. The normalized spacial score (nSPS) is 17.6. The van der Waals surface area contributed by atoms with Crippen LogP contribution in [0.4, 0.5) is 0 Å². The molecule has 1 atom stereocenters. The minimum absolute atomic E-state index is 0.154. The highest BCUT2D eigenvalue weighted by atomic mass is 31.2. The maximum absolute atomic E-state index is 13.0. The van der Waals surface area contributed by atoms with Crippen LogP contribution in [0.2, 0.25) is 0 Å². The van der Waals surface area contributed by atoms with Crippen LogP contribution in [-0.2, 0) is 18.8 Å². The topological polar surface area (TPSA) is 102 Å². The van der Waals surface area contributed by atoms with Gasteiger partial charge in [-0.05, 0) is 24.3 Å². The van der Waals surface area contributed by atoms with E-state index >= 15 is 0 Å². The summed E-state index contributed by atoms with van der Waals surface area (Å²) >= 11 is 0. The number of phosphoric acid groups is 1. The van der Waals surface area contributed by atoms with E-state index < -0.39 is 32.2 Å². The number of phosphoric ester groups is 1. The van der Waals surface area contributed by atoms with E-state index in [2.05, 4.69) is 0 Å². The van der Waals surface area contributed by atoms with E-state index in [1.165, 1.54) is 24.3 Å². The van der Waals surface area contributed by atoms with E-state index in [0.717, 1.165) is 0 Å². The van der Waals surface area contributed by atoms with Gasteiger partial charge in [-0.3, -0.25) is 9.59 Å². The van der Waals surface area contributed by atoms with E-state index in [1.807, 2.05) is 0 Å². The molecule has 0 saturated carbocycles. The van der Waals surface area contributed by atoms with Crippen LogP contribution in [0.25, 0.3) is 0 Å². The van der Waals surface area contributed by atoms with Gasteiger partial charge in [0.05, 0.1) is 6.42 Å². The number of carbonyl (C=O) groups is 2. The van der Waals surface area contributed by atoms with Gasteiger partial charge in [0, 0.05) is 0 Å². The molecular formula is C16H14NO7P. The first kappa shape index (κ1) is 17.2. The zero-order valence-corrected chi connectivity index (χ0v) is 13.7. The van der Waals surface area contributed by atoms with Crippen molar-refractivity contribution in [2.75, 3.05) is 0 Å². The van der Waals surface area contributed by atoms with Crippen molar-refractivity contribution in [3.63, 3.8) is 0 Å². The Morgan fingerprint density at radius 2 is 1.40 bits per heavy atom. The van der Waals surface area contributed by atoms with Crippen LogP contribution in [-0.4, -0.2) is 28.1 Å². The van der Waals surface area contributed by atoms with Crippen molar-refractivity contribution in [2.24, 2.45) is 0 Å². The molecule has 0 radical (unpaired) electrons. The third-order valence-electron chi connectivity index (χ3n) is 3.18. The lowest BCUT2D eigenvalue weighted by Gasteiger charge is -2.22. The van der Waals surface area contributed by atoms with Gasteiger partial charge in [0.1, 0.15) is 17.6 Å².